The number of halogens is 2. The van der Waals surface area contributed by atoms with Crippen molar-refractivity contribution >= 4 is 34.2 Å². The molecule has 110 valence electrons. The number of amides is 1. The highest BCUT2D eigenvalue weighted by Gasteiger charge is 2.31. The van der Waals surface area contributed by atoms with Crippen molar-refractivity contribution in [2.45, 2.75) is 44.2 Å². The van der Waals surface area contributed by atoms with Gasteiger partial charge in [0, 0.05) is 16.4 Å². The number of rotatable bonds is 2. The number of hydrogen-bond acceptors (Lipinski definition) is 2. The Morgan fingerprint density at radius 1 is 1.30 bits per heavy atom. The summed E-state index contributed by atoms with van der Waals surface area (Å²) in [5.74, 6) is 0.303. The van der Waals surface area contributed by atoms with E-state index in [2.05, 4.69) is 33.4 Å². The van der Waals surface area contributed by atoms with Crippen LogP contribution in [0.4, 0.5) is 0 Å². The molecule has 3 unspecified atom stereocenters. The van der Waals surface area contributed by atoms with Crippen molar-refractivity contribution in [1.82, 2.24) is 5.32 Å². The van der Waals surface area contributed by atoms with Gasteiger partial charge in [-0.05, 0) is 49.3 Å². The minimum atomic E-state index is 0. The highest BCUT2D eigenvalue weighted by molar-refractivity contribution is 9.10. The molecule has 1 saturated carbocycles. The normalized spacial score (nSPS) is 27.8. The van der Waals surface area contributed by atoms with Crippen LogP contribution in [0.2, 0.25) is 0 Å². The summed E-state index contributed by atoms with van der Waals surface area (Å²) >= 11 is 3.59. The zero-order chi connectivity index (χ0) is 13.4. The molecule has 1 amide bonds. The van der Waals surface area contributed by atoms with Crippen molar-refractivity contribution in [3.63, 3.8) is 0 Å². The van der Waals surface area contributed by atoms with Crippen molar-refractivity contribution in [3.05, 3.63) is 33.8 Å². The lowest BCUT2D eigenvalue weighted by Crippen LogP contribution is -2.32. The zero-order valence-electron chi connectivity index (χ0n) is 11.3. The van der Waals surface area contributed by atoms with E-state index >= 15 is 0 Å². The van der Waals surface area contributed by atoms with Crippen LogP contribution in [0.3, 0.4) is 0 Å². The predicted octanol–water partition coefficient (Wildman–Crippen LogP) is 3.10. The van der Waals surface area contributed by atoms with Crippen LogP contribution in [-0.2, 0) is 11.2 Å². The second-order valence-corrected chi connectivity index (χ2v) is 6.53. The highest BCUT2D eigenvalue weighted by atomic mass is 79.9. The Labute approximate surface area is 134 Å². The molecular formula is C15H20BrClN2O. The van der Waals surface area contributed by atoms with E-state index in [0.29, 0.717) is 0 Å². The molecule has 3 rings (SSSR count). The molecule has 1 aromatic carbocycles. The van der Waals surface area contributed by atoms with E-state index < -0.39 is 0 Å². The van der Waals surface area contributed by atoms with Crippen LogP contribution < -0.4 is 11.1 Å². The number of hydrogen-bond donors (Lipinski definition) is 2. The topological polar surface area (TPSA) is 55.1 Å². The van der Waals surface area contributed by atoms with Crippen molar-refractivity contribution < 1.29 is 4.79 Å². The highest BCUT2D eigenvalue weighted by Crippen LogP contribution is 2.36. The van der Waals surface area contributed by atoms with Crippen molar-refractivity contribution in [2.75, 3.05) is 0 Å². The Kier molecular flexibility index (Phi) is 5.10. The van der Waals surface area contributed by atoms with Gasteiger partial charge >= 0.3 is 0 Å². The summed E-state index contributed by atoms with van der Waals surface area (Å²) in [5.41, 5.74) is 8.49. The number of carbonyl (C=O) groups is 1. The second kappa shape index (κ2) is 6.46. The zero-order valence-corrected chi connectivity index (χ0v) is 13.7. The first kappa shape index (κ1) is 15.8. The van der Waals surface area contributed by atoms with Gasteiger partial charge in [-0.3, -0.25) is 4.79 Å². The lowest BCUT2D eigenvalue weighted by molar-refractivity contribution is -0.125. The van der Waals surface area contributed by atoms with Gasteiger partial charge in [-0.25, -0.2) is 0 Å². The molecule has 0 aliphatic heterocycles. The van der Waals surface area contributed by atoms with Crippen molar-refractivity contribution in [3.8, 4) is 0 Å². The molecule has 0 bridgehead atoms. The predicted molar refractivity (Wildman–Crippen MR) is 85.9 cm³/mol. The molecular weight excluding hydrogens is 340 g/mol. The molecule has 1 fully saturated rings. The maximum absolute atomic E-state index is 12.3. The van der Waals surface area contributed by atoms with Gasteiger partial charge in [-0.1, -0.05) is 28.1 Å². The molecule has 3 nitrogen and oxygen atoms in total. The van der Waals surface area contributed by atoms with Gasteiger partial charge in [0.05, 0.1) is 6.04 Å². The first-order chi connectivity index (χ1) is 9.15. The van der Waals surface area contributed by atoms with Gasteiger partial charge in [0.2, 0.25) is 5.91 Å². The van der Waals surface area contributed by atoms with Gasteiger partial charge in [-0.2, -0.15) is 0 Å². The molecule has 1 aromatic rings. The lowest BCUT2D eigenvalue weighted by Gasteiger charge is -2.17. The number of benzene rings is 1. The van der Waals surface area contributed by atoms with Gasteiger partial charge in [0.1, 0.15) is 0 Å². The SMILES string of the molecule is Cl.NC1CCC(C(=O)NC2CCc3c(Br)cccc32)C1. The monoisotopic (exact) mass is 358 g/mol. The fraction of sp³-hybridized carbons (Fsp3) is 0.533. The minimum absolute atomic E-state index is 0. The van der Waals surface area contributed by atoms with E-state index in [1.807, 2.05) is 6.07 Å². The molecule has 20 heavy (non-hydrogen) atoms. The van der Waals surface area contributed by atoms with Crippen LogP contribution in [0.25, 0.3) is 0 Å². The smallest absolute Gasteiger partial charge is 0.223 e. The van der Waals surface area contributed by atoms with Crippen LogP contribution >= 0.6 is 28.3 Å². The van der Waals surface area contributed by atoms with Crippen molar-refractivity contribution in [2.24, 2.45) is 11.7 Å². The quantitative estimate of drug-likeness (QED) is 0.852. The van der Waals surface area contributed by atoms with Crippen LogP contribution in [0.1, 0.15) is 42.9 Å². The molecule has 0 spiro atoms. The van der Waals surface area contributed by atoms with Gasteiger partial charge < -0.3 is 11.1 Å². The van der Waals surface area contributed by atoms with E-state index in [-0.39, 0.29) is 36.3 Å². The Morgan fingerprint density at radius 2 is 2.10 bits per heavy atom. The average Bonchev–Trinajstić information content (AvgIpc) is 2.98. The summed E-state index contributed by atoms with van der Waals surface area (Å²) in [7, 11) is 0. The Hall–Kier alpha value is -0.580. The molecule has 0 aromatic heterocycles. The molecule has 2 aliphatic rings. The standard InChI is InChI=1S/C15H19BrN2O.ClH/c16-13-3-1-2-12-11(13)6-7-14(12)18-15(19)9-4-5-10(17)8-9;/h1-3,9-10,14H,4-8,17H2,(H,18,19);1H. The molecule has 0 radical (unpaired) electrons. The van der Waals surface area contributed by atoms with Crippen LogP contribution in [0.5, 0.6) is 0 Å². The van der Waals surface area contributed by atoms with E-state index in [4.69, 9.17) is 5.73 Å². The van der Waals surface area contributed by atoms with Crippen LogP contribution in [-0.4, -0.2) is 11.9 Å². The minimum Gasteiger partial charge on any atom is -0.349 e. The Balaban J connectivity index is 0.00000147. The molecule has 0 heterocycles. The summed E-state index contributed by atoms with van der Waals surface area (Å²) in [6, 6.07) is 6.62. The van der Waals surface area contributed by atoms with E-state index in [0.717, 1.165) is 36.6 Å². The summed E-state index contributed by atoms with van der Waals surface area (Å²) in [5, 5.41) is 3.21. The van der Waals surface area contributed by atoms with Crippen LogP contribution in [0, 0.1) is 5.92 Å². The molecule has 5 heteroatoms. The first-order valence-electron chi connectivity index (χ1n) is 6.98. The number of nitrogens with two attached hydrogens (primary N) is 1. The number of nitrogens with one attached hydrogen (secondary N) is 1. The lowest BCUT2D eigenvalue weighted by atomic mass is 10.0. The van der Waals surface area contributed by atoms with Crippen molar-refractivity contribution in [1.29, 1.82) is 0 Å². The van der Waals surface area contributed by atoms with E-state index in [9.17, 15) is 4.79 Å². The summed E-state index contributed by atoms with van der Waals surface area (Å²) in [6.07, 6.45) is 4.79. The van der Waals surface area contributed by atoms with Gasteiger partial charge in [0.25, 0.3) is 0 Å². The van der Waals surface area contributed by atoms with E-state index in [1.54, 1.807) is 0 Å². The van der Waals surface area contributed by atoms with Gasteiger partial charge in [-0.15, -0.1) is 12.4 Å². The molecule has 3 atom stereocenters. The molecule has 3 N–H and O–H groups in total. The second-order valence-electron chi connectivity index (χ2n) is 5.68. The number of carbonyl (C=O) groups excluding carboxylic acids is 1. The fourth-order valence-electron chi connectivity index (χ4n) is 3.30. The fourth-order valence-corrected chi connectivity index (χ4v) is 3.88. The maximum atomic E-state index is 12.3. The summed E-state index contributed by atoms with van der Waals surface area (Å²) in [4.78, 5) is 12.3. The molecule has 0 saturated heterocycles. The Morgan fingerprint density at radius 3 is 2.80 bits per heavy atom. The van der Waals surface area contributed by atoms with E-state index in [1.165, 1.54) is 11.1 Å². The number of fused-ring (bicyclic) bond motifs is 1. The van der Waals surface area contributed by atoms with Gasteiger partial charge in [0.15, 0.2) is 0 Å². The third kappa shape index (κ3) is 3.02. The summed E-state index contributed by atoms with van der Waals surface area (Å²) in [6.45, 7) is 0. The average molecular weight is 360 g/mol. The molecule has 2 aliphatic carbocycles. The third-order valence-electron chi connectivity index (χ3n) is 4.37. The Bertz CT molecular complexity index is 509. The largest absolute Gasteiger partial charge is 0.349 e. The summed E-state index contributed by atoms with van der Waals surface area (Å²) < 4.78 is 1.16. The maximum Gasteiger partial charge on any atom is 0.223 e. The first-order valence-corrected chi connectivity index (χ1v) is 7.77. The third-order valence-corrected chi connectivity index (χ3v) is 5.12. The van der Waals surface area contributed by atoms with Crippen LogP contribution in [0.15, 0.2) is 22.7 Å².